The Morgan fingerprint density at radius 1 is 1.18 bits per heavy atom. The molecule has 3 nitrogen and oxygen atoms in total. The fourth-order valence-corrected chi connectivity index (χ4v) is 2.49. The zero-order valence-corrected chi connectivity index (χ0v) is 9.87. The standard InChI is InChI=1S/C13H11N3S/c14-13-11(2-1-6-15-13)16-10-3-4-12-9(8-10)5-7-17-12/h1-8,16H,(H2,14,15). The molecule has 0 saturated carbocycles. The smallest absolute Gasteiger partial charge is 0.147 e. The highest BCUT2D eigenvalue weighted by atomic mass is 32.1. The van der Waals surface area contributed by atoms with Gasteiger partial charge in [0.25, 0.3) is 0 Å². The van der Waals surface area contributed by atoms with Crippen molar-refractivity contribution in [2.45, 2.75) is 0 Å². The number of aromatic nitrogens is 1. The van der Waals surface area contributed by atoms with Gasteiger partial charge in [0, 0.05) is 16.6 Å². The van der Waals surface area contributed by atoms with Crippen molar-refractivity contribution in [3.8, 4) is 0 Å². The lowest BCUT2D eigenvalue weighted by molar-refractivity contribution is 1.33. The number of hydrogen-bond acceptors (Lipinski definition) is 4. The molecule has 2 aromatic heterocycles. The highest BCUT2D eigenvalue weighted by Gasteiger charge is 2.01. The number of nitrogen functional groups attached to an aromatic ring is 1. The van der Waals surface area contributed by atoms with E-state index in [0.29, 0.717) is 5.82 Å². The fraction of sp³-hybridized carbons (Fsp3) is 0. The molecule has 0 unspecified atom stereocenters. The quantitative estimate of drug-likeness (QED) is 0.720. The second-order valence-corrected chi connectivity index (χ2v) is 4.68. The number of nitrogens with one attached hydrogen (secondary N) is 1. The first-order chi connectivity index (χ1) is 8.33. The molecule has 0 spiro atoms. The minimum Gasteiger partial charge on any atom is -0.382 e. The first-order valence-electron chi connectivity index (χ1n) is 5.28. The van der Waals surface area contributed by atoms with Gasteiger partial charge in [-0.15, -0.1) is 11.3 Å². The molecule has 2 heterocycles. The monoisotopic (exact) mass is 241 g/mol. The fourth-order valence-electron chi connectivity index (χ4n) is 1.72. The summed E-state index contributed by atoms with van der Waals surface area (Å²) in [6, 6.07) is 12.2. The number of hydrogen-bond donors (Lipinski definition) is 2. The lowest BCUT2D eigenvalue weighted by Gasteiger charge is -2.08. The van der Waals surface area contributed by atoms with Gasteiger partial charge in [0.1, 0.15) is 5.82 Å². The van der Waals surface area contributed by atoms with E-state index >= 15 is 0 Å². The molecule has 0 radical (unpaired) electrons. The van der Waals surface area contributed by atoms with Gasteiger partial charge in [-0.2, -0.15) is 0 Å². The van der Waals surface area contributed by atoms with E-state index in [9.17, 15) is 0 Å². The zero-order chi connectivity index (χ0) is 11.7. The molecule has 0 saturated heterocycles. The molecule has 1 aromatic carbocycles. The molecule has 0 amide bonds. The van der Waals surface area contributed by atoms with Crippen LogP contribution in [0.25, 0.3) is 10.1 Å². The molecule has 3 N–H and O–H groups in total. The van der Waals surface area contributed by atoms with E-state index in [1.54, 1.807) is 17.5 Å². The summed E-state index contributed by atoms with van der Waals surface area (Å²) in [6.07, 6.45) is 1.68. The predicted molar refractivity (Wildman–Crippen MR) is 73.8 cm³/mol. The van der Waals surface area contributed by atoms with Gasteiger partial charge >= 0.3 is 0 Å². The molecule has 3 aromatic rings. The Balaban J connectivity index is 1.97. The van der Waals surface area contributed by atoms with Crippen LogP contribution in [-0.4, -0.2) is 4.98 Å². The Kier molecular flexibility index (Phi) is 2.42. The summed E-state index contributed by atoms with van der Waals surface area (Å²) >= 11 is 1.74. The van der Waals surface area contributed by atoms with Crippen molar-refractivity contribution in [2.75, 3.05) is 11.1 Å². The van der Waals surface area contributed by atoms with Crippen LogP contribution in [0.4, 0.5) is 17.2 Å². The zero-order valence-electron chi connectivity index (χ0n) is 9.05. The number of thiophene rings is 1. The van der Waals surface area contributed by atoms with Crippen molar-refractivity contribution in [3.63, 3.8) is 0 Å². The highest BCUT2D eigenvalue weighted by molar-refractivity contribution is 7.17. The normalized spacial score (nSPS) is 10.6. The molecule has 3 rings (SSSR count). The molecule has 4 heteroatoms. The van der Waals surface area contributed by atoms with Gasteiger partial charge in [-0.3, -0.25) is 0 Å². The maximum atomic E-state index is 5.79. The van der Waals surface area contributed by atoms with Crippen LogP contribution in [0.5, 0.6) is 0 Å². The minimum atomic E-state index is 0.512. The average Bonchev–Trinajstić information content (AvgIpc) is 2.79. The average molecular weight is 241 g/mol. The first kappa shape index (κ1) is 10.1. The van der Waals surface area contributed by atoms with E-state index in [1.807, 2.05) is 18.2 Å². The van der Waals surface area contributed by atoms with E-state index in [0.717, 1.165) is 11.4 Å². The van der Waals surface area contributed by atoms with Crippen molar-refractivity contribution in [3.05, 3.63) is 48.0 Å². The van der Waals surface area contributed by atoms with Crippen LogP contribution in [0, 0.1) is 0 Å². The van der Waals surface area contributed by atoms with Crippen molar-refractivity contribution < 1.29 is 0 Å². The molecule has 0 atom stereocenters. The van der Waals surface area contributed by atoms with Gasteiger partial charge in [-0.25, -0.2) is 4.98 Å². The molecular formula is C13H11N3S. The van der Waals surface area contributed by atoms with Gasteiger partial charge in [0.2, 0.25) is 0 Å². The molecule has 17 heavy (non-hydrogen) atoms. The Labute approximate surface area is 103 Å². The van der Waals surface area contributed by atoms with Gasteiger partial charge in [-0.05, 0) is 47.2 Å². The van der Waals surface area contributed by atoms with Crippen molar-refractivity contribution in [1.29, 1.82) is 0 Å². The maximum Gasteiger partial charge on any atom is 0.147 e. The lowest BCUT2D eigenvalue weighted by atomic mass is 10.2. The number of rotatable bonds is 2. The van der Waals surface area contributed by atoms with Crippen LogP contribution in [0.15, 0.2) is 48.0 Å². The van der Waals surface area contributed by atoms with Crippen LogP contribution in [0.2, 0.25) is 0 Å². The lowest BCUT2D eigenvalue weighted by Crippen LogP contribution is -1.97. The second-order valence-electron chi connectivity index (χ2n) is 3.73. The van der Waals surface area contributed by atoms with E-state index in [1.165, 1.54) is 10.1 Å². The number of anilines is 3. The minimum absolute atomic E-state index is 0.512. The largest absolute Gasteiger partial charge is 0.382 e. The Morgan fingerprint density at radius 3 is 3.00 bits per heavy atom. The molecule has 0 aliphatic rings. The highest BCUT2D eigenvalue weighted by Crippen LogP contribution is 2.27. The van der Waals surface area contributed by atoms with Crippen LogP contribution in [0.1, 0.15) is 0 Å². The van der Waals surface area contributed by atoms with Crippen LogP contribution in [0.3, 0.4) is 0 Å². The van der Waals surface area contributed by atoms with E-state index in [2.05, 4.69) is 33.9 Å². The summed E-state index contributed by atoms with van der Waals surface area (Å²) in [4.78, 5) is 4.04. The molecule has 0 aliphatic carbocycles. The van der Waals surface area contributed by atoms with Crippen molar-refractivity contribution in [1.82, 2.24) is 4.98 Å². The van der Waals surface area contributed by atoms with Gasteiger partial charge in [0.15, 0.2) is 0 Å². The van der Waals surface area contributed by atoms with E-state index in [4.69, 9.17) is 5.73 Å². The first-order valence-corrected chi connectivity index (χ1v) is 6.16. The number of pyridine rings is 1. The maximum absolute atomic E-state index is 5.79. The molecular weight excluding hydrogens is 230 g/mol. The molecule has 0 aliphatic heterocycles. The number of benzene rings is 1. The Hall–Kier alpha value is -2.07. The Bertz CT molecular complexity index is 660. The number of fused-ring (bicyclic) bond motifs is 1. The molecule has 0 fully saturated rings. The van der Waals surface area contributed by atoms with Crippen LogP contribution in [-0.2, 0) is 0 Å². The van der Waals surface area contributed by atoms with E-state index < -0.39 is 0 Å². The molecule has 0 bridgehead atoms. The van der Waals surface area contributed by atoms with Crippen molar-refractivity contribution in [2.24, 2.45) is 0 Å². The summed E-state index contributed by atoms with van der Waals surface area (Å²) < 4.78 is 1.29. The van der Waals surface area contributed by atoms with Crippen LogP contribution < -0.4 is 11.1 Å². The van der Waals surface area contributed by atoms with Crippen LogP contribution >= 0.6 is 11.3 Å². The number of nitrogens with two attached hydrogens (primary N) is 1. The Morgan fingerprint density at radius 2 is 2.12 bits per heavy atom. The van der Waals surface area contributed by atoms with Crippen molar-refractivity contribution >= 4 is 38.6 Å². The summed E-state index contributed by atoms with van der Waals surface area (Å²) in [5, 5.41) is 6.60. The van der Waals surface area contributed by atoms with Gasteiger partial charge in [-0.1, -0.05) is 0 Å². The third kappa shape index (κ3) is 1.94. The summed E-state index contributed by atoms with van der Waals surface area (Å²) in [7, 11) is 0. The number of nitrogens with zero attached hydrogens (tertiary/aromatic N) is 1. The third-order valence-electron chi connectivity index (χ3n) is 2.57. The summed E-state index contributed by atoms with van der Waals surface area (Å²) in [6.45, 7) is 0. The summed E-state index contributed by atoms with van der Waals surface area (Å²) in [5.74, 6) is 0.512. The molecule has 84 valence electrons. The van der Waals surface area contributed by atoms with Gasteiger partial charge in [0.05, 0.1) is 5.69 Å². The summed E-state index contributed by atoms with van der Waals surface area (Å²) in [5.41, 5.74) is 7.65. The van der Waals surface area contributed by atoms with E-state index in [-0.39, 0.29) is 0 Å². The second kappa shape index (κ2) is 4.07. The SMILES string of the molecule is Nc1ncccc1Nc1ccc2sccc2c1. The third-order valence-corrected chi connectivity index (χ3v) is 3.47. The predicted octanol–water partition coefficient (Wildman–Crippen LogP) is 3.62. The topological polar surface area (TPSA) is 50.9 Å². The van der Waals surface area contributed by atoms with Gasteiger partial charge < -0.3 is 11.1 Å².